The molecule has 0 radical (unpaired) electrons. The van der Waals surface area contributed by atoms with Crippen LogP contribution < -0.4 is 19.7 Å². The van der Waals surface area contributed by atoms with Crippen molar-refractivity contribution in [3.63, 3.8) is 0 Å². The third-order valence-corrected chi connectivity index (χ3v) is 8.81. The topological polar surface area (TPSA) is 85.7 Å². The molecule has 0 spiro atoms. The molecular weight excluding hydrogens is 572 g/mol. The number of rotatable bonds is 9. The quantitative estimate of drug-likeness (QED) is 0.242. The number of carbonyl (C=O) groups excluding carboxylic acids is 2. The van der Waals surface area contributed by atoms with Crippen LogP contribution >= 0.6 is 23.4 Å². The molecule has 0 fully saturated rings. The Morgan fingerprint density at radius 1 is 1.10 bits per heavy atom. The van der Waals surface area contributed by atoms with Crippen molar-refractivity contribution in [2.45, 2.75) is 31.6 Å². The van der Waals surface area contributed by atoms with Crippen molar-refractivity contribution in [1.82, 2.24) is 15.1 Å². The largest absolute Gasteiger partial charge is 0.497 e. The molecule has 0 unspecified atom stereocenters. The fourth-order valence-electron chi connectivity index (χ4n) is 4.98. The first-order valence-electron chi connectivity index (χ1n) is 13.7. The summed E-state index contributed by atoms with van der Waals surface area (Å²) in [5, 5.41) is 8.18. The lowest BCUT2D eigenvalue weighted by Crippen LogP contribution is -2.44. The second-order valence-corrected chi connectivity index (χ2v) is 11.5. The van der Waals surface area contributed by atoms with Crippen molar-refractivity contribution in [3.05, 3.63) is 88.9 Å². The van der Waals surface area contributed by atoms with Gasteiger partial charge in [-0.2, -0.15) is 5.10 Å². The zero-order valence-corrected chi connectivity index (χ0v) is 25.5. The van der Waals surface area contributed by atoms with Crippen molar-refractivity contribution in [2.75, 3.05) is 31.4 Å². The summed E-state index contributed by atoms with van der Waals surface area (Å²) in [4.78, 5) is 28.7. The van der Waals surface area contributed by atoms with Crippen molar-refractivity contribution < 1.29 is 19.1 Å². The highest BCUT2D eigenvalue weighted by atomic mass is 35.5. The summed E-state index contributed by atoms with van der Waals surface area (Å²) in [6.07, 6.45) is 0.772. The van der Waals surface area contributed by atoms with Gasteiger partial charge in [0.05, 0.1) is 41.6 Å². The van der Waals surface area contributed by atoms with Crippen LogP contribution in [0.15, 0.2) is 72.8 Å². The average Bonchev–Trinajstić information content (AvgIpc) is 3.33. The molecule has 1 aliphatic heterocycles. The maximum atomic E-state index is 13.9. The molecule has 0 aliphatic carbocycles. The number of hydrogen-bond donors (Lipinski definition) is 1. The Labute approximate surface area is 255 Å². The van der Waals surface area contributed by atoms with Gasteiger partial charge in [-0.3, -0.25) is 14.5 Å². The SMILES string of the molecule is CC[C@@H](C)NC(=O)CN1C(=O)CS[C@@H](c2cc(OC)ccc2OC)c2c(-c3ccccc3)nn(-c3ccccc3Cl)c21. The first-order valence-corrected chi connectivity index (χ1v) is 15.1. The minimum Gasteiger partial charge on any atom is -0.497 e. The Kier molecular flexibility index (Phi) is 9.09. The number of hydrogen-bond acceptors (Lipinski definition) is 6. The molecule has 2 heterocycles. The second kappa shape index (κ2) is 12.9. The molecule has 10 heteroatoms. The Hall–Kier alpha value is -3.95. The lowest BCUT2D eigenvalue weighted by atomic mass is 9.98. The van der Waals surface area contributed by atoms with Gasteiger partial charge < -0.3 is 14.8 Å². The van der Waals surface area contributed by atoms with Crippen LogP contribution in [0.25, 0.3) is 16.9 Å². The van der Waals surface area contributed by atoms with Gasteiger partial charge in [-0.15, -0.1) is 11.8 Å². The number of anilines is 1. The molecule has 0 saturated heterocycles. The smallest absolute Gasteiger partial charge is 0.240 e. The number of para-hydroxylation sites is 1. The first-order chi connectivity index (χ1) is 20.4. The van der Waals surface area contributed by atoms with Gasteiger partial charge in [0, 0.05) is 22.7 Å². The molecular formula is C32H33ClN4O4S. The average molecular weight is 605 g/mol. The molecule has 42 heavy (non-hydrogen) atoms. The molecule has 0 saturated carbocycles. The summed E-state index contributed by atoms with van der Waals surface area (Å²) in [6, 6.07) is 22.7. The van der Waals surface area contributed by atoms with Gasteiger partial charge in [0.25, 0.3) is 0 Å². The van der Waals surface area contributed by atoms with Gasteiger partial charge in [0.15, 0.2) is 0 Å². The number of carbonyl (C=O) groups is 2. The summed E-state index contributed by atoms with van der Waals surface area (Å²) in [6.45, 7) is 3.78. The third kappa shape index (κ3) is 5.84. The number of thioether (sulfide) groups is 1. The molecule has 2 atom stereocenters. The molecule has 5 rings (SSSR count). The van der Waals surface area contributed by atoms with E-state index in [2.05, 4.69) is 5.32 Å². The highest BCUT2D eigenvalue weighted by Gasteiger charge is 2.39. The maximum Gasteiger partial charge on any atom is 0.240 e. The number of benzene rings is 3. The van der Waals surface area contributed by atoms with E-state index in [0.717, 1.165) is 23.1 Å². The standard InChI is InChI=1S/C32H33ClN4O4S/c1-5-20(2)34-27(38)18-36-28(39)19-42-31(23-17-22(40-3)15-16-26(23)41-4)29-30(21-11-7-6-8-12-21)35-37(32(29)36)25-14-10-9-13-24(25)33/h6-17,20,31H,5,18-19H2,1-4H3,(H,34,38)/t20-,31+/m1/s1. The van der Waals surface area contributed by atoms with Crippen LogP contribution in [0.5, 0.6) is 11.5 Å². The number of ether oxygens (including phenoxy) is 2. The van der Waals surface area contributed by atoms with Crippen LogP contribution in [-0.2, 0) is 9.59 Å². The van der Waals surface area contributed by atoms with E-state index in [1.807, 2.05) is 80.6 Å². The van der Waals surface area contributed by atoms with E-state index in [4.69, 9.17) is 26.2 Å². The van der Waals surface area contributed by atoms with Crippen LogP contribution in [0.2, 0.25) is 5.02 Å². The number of nitrogens with zero attached hydrogens (tertiary/aromatic N) is 3. The minimum absolute atomic E-state index is 0.0319. The molecule has 218 valence electrons. The van der Waals surface area contributed by atoms with E-state index in [0.29, 0.717) is 33.7 Å². The molecule has 1 N–H and O–H groups in total. The van der Waals surface area contributed by atoms with Gasteiger partial charge in [-0.1, -0.05) is 61.0 Å². The fraction of sp³-hybridized carbons (Fsp3) is 0.281. The van der Waals surface area contributed by atoms with Gasteiger partial charge in [0.2, 0.25) is 11.8 Å². The van der Waals surface area contributed by atoms with E-state index in [1.54, 1.807) is 25.0 Å². The zero-order chi connectivity index (χ0) is 29.8. The lowest BCUT2D eigenvalue weighted by Gasteiger charge is -2.24. The summed E-state index contributed by atoms with van der Waals surface area (Å²) in [5.74, 6) is 1.47. The van der Waals surface area contributed by atoms with Gasteiger partial charge in [-0.25, -0.2) is 4.68 Å². The molecule has 1 aliphatic rings. The van der Waals surface area contributed by atoms with Gasteiger partial charge in [0.1, 0.15) is 23.9 Å². The first kappa shape index (κ1) is 29.5. The summed E-state index contributed by atoms with van der Waals surface area (Å²) < 4.78 is 13.1. The minimum atomic E-state index is -0.386. The maximum absolute atomic E-state index is 13.9. The monoisotopic (exact) mass is 604 g/mol. The predicted molar refractivity (Wildman–Crippen MR) is 168 cm³/mol. The Morgan fingerprint density at radius 2 is 1.83 bits per heavy atom. The normalized spacial score (nSPS) is 15.5. The summed E-state index contributed by atoms with van der Waals surface area (Å²) >= 11 is 8.19. The lowest BCUT2D eigenvalue weighted by molar-refractivity contribution is -0.123. The Bertz CT molecular complexity index is 1590. The van der Waals surface area contributed by atoms with Crippen molar-refractivity contribution >= 4 is 41.0 Å². The highest BCUT2D eigenvalue weighted by Crippen LogP contribution is 2.51. The van der Waals surface area contributed by atoms with Gasteiger partial charge in [-0.05, 0) is 43.7 Å². The number of amides is 2. The van der Waals surface area contributed by atoms with Crippen LogP contribution in [-0.4, -0.2) is 54.2 Å². The fourth-order valence-corrected chi connectivity index (χ4v) is 6.40. The van der Waals surface area contributed by atoms with E-state index < -0.39 is 0 Å². The van der Waals surface area contributed by atoms with Gasteiger partial charge >= 0.3 is 0 Å². The molecule has 0 bridgehead atoms. The van der Waals surface area contributed by atoms with Crippen LogP contribution in [0.4, 0.5) is 5.82 Å². The summed E-state index contributed by atoms with van der Waals surface area (Å²) in [7, 11) is 3.23. The van der Waals surface area contributed by atoms with Crippen LogP contribution in [0.3, 0.4) is 0 Å². The van der Waals surface area contributed by atoms with Crippen molar-refractivity contribution in [2.24, 2.45) is 0 Å². The van der Waals surface area contributed by atoms with Crippen LogP contribution in [0.1, 0.15) is 36.6 Å². The van der Waals surface area contributed by atoms with Crippen molar-refractivity contribution in [1.29, 1.82) is 0 Å². The highest BCUT2D eigenvalue weighted by molar-refractivity contribution is 8.00. The molecule has 8 nitrogen and oxygen atoms in total. The van der Waals surface area contributed by atoms with E-state index in [9.17, 15) is 9.59 Å². The zero-order valence-electron chi connectivity index (χ0n) is 24.0. The second-order valence-electron chi connectivity index (χ2n) is 9.97. The Balaban J connectivity index is 1.83. The predicted octanol–water partition coefficient (Wildman–Crippen LogP) is 6.29. The number of aromatic nitrogens is 2. The summed E-state index contributed by atoms with van der Waals surface area (Å²) in [5.41, 5.74) is 3.75. The molecule has 2 amide bonds. The van der Waals surface area contributed by atoms with E-state index in [-0.39, 0.29) is 35.4 Å². The number of methoxy groups -OCH3 is 2. The third-order valence-electron chi connectivity index (χ3n) is 7.26. The van der Waals surface area contributed by atoms with E-state index in [1.165, 1.54) is 16.7 Å². The Morgan fingerprint density at radius 3 is 2.52 bits per heavy atom. The van der Waals surface area contributed by atoms with E-state index >= 15 is 0 Å². The molecule has 4 aromatic rings. The molecule has 1 aromatic heterocycles. The van der Waals surface area contributed by atoms with Crippen molar-refractivity contribution in [3.8, 4) is 28.4 Å². The number of halogens is 1. The van der Waals surface area contributed by atoms with Crippen LogP contribution in [0, 0.1) is 0 Å². The number of nitrogens with one attached hydrogen (secondary N) is 1. The number of fused-ring (bicyclic) bond motifs is 1. The molecule has 3 aromatic carbocycles.